The third kappa shape index (κ3) is 4.46. The maximum atomic E-state index is 13.8. The molecular weight excluding hydrogens is 432 g/mol. The number of hydrogen-bond donors (Lipinski definition) is 0. The van der Waals surface area contributed by atoms with Gasteiger partial charge in [-0.1, -0.05) is 90.1 Å². The van der Waals surface area contributed by atoms with Crippen LogP contribution in [0.5, 0.6) is 0 Å². The molecule has 5 aromatic rings. The third-order valence-electron chi connectivity index (χ3n) is 5.59. The molecule has 4 aromatic carbocycles. The van der Waals surface area contributed by atoms with Crippen LogP contribution in [0.2, 0.25) is 0 Å². The van der Waals surface area contributed by atoms with E-state index in [1.165, 1.54) is 16.8 Å². The second kappa shape index (κ2) is 9.43. The normalized spacial score (nSPS) is 12.2. The largest absolute Gasteiger partial charge is 0.272 e. The summed E-state index contributed by atoms with van der Waals surface area (Å²) >= 11 is 0. The first-order chi connectivity index (χ1) is 16.2. The summed E-state index contributed by atoms with van der Waals surface area (Å²) in [4.78, 5) is 13.5. The van der Waals surface area contributed by atoms with Crippen molar-refractivity contribution in [3.63, 3.8) is 0 Å². The maximum absolute atomic E-state index is 13.8. The number of fused-ring (bicyclic) bond motifs is 1. The highest BCUT2D eigenvalue weighted by Gasteiger charge is 2.29. The number of aromatic nitrogens is 3. The Labute approximate surface area is 192 Å². The Bertz CT molecular complexity index is 1330. The lowest BCUT2D eigenvalue weighted by atomic mass is 10.1. The van der Waals surface area contributed by atoms with E-state index in [9.17, 15) is 9.18 Å². The van der Waals surface area contributed by atoms with Crippen LogP contribution >= 0.6 is 7.92 Å². The number of hydrogen-bond acceptors (Lipinski definition) is 3. The van der Waals surface area contributed by atoms with Crippen LogP contribution in [0.15, 0.2) is 109 Å². The van der Waals surface area contributed by atoms with Crippen molar-refractivity contribution in [2.24, 2.45) is 0 Å². The third-order valence-corrected chi connectivity index (χ3v) is 8.40. The average molecular weight is 453 g/mol. The van der Waals surface area contributed by atoms with Gasteiger partial charge in [0.05, 0.1) is 5.52 Å². The van der Waals surface area contributed by atoms with Crippen LogP contribution in [-0.4, -0.2) is 20.9 Å². The van der Waals surface area contributed by atoms with Crippen LogP contribution in [-0.2, 0) is 0 Å². The Morgan fingerprint density at radius 2 is 1.36 bits per heavy atom. The minimum absolute atomic E-state index is 0.141. The monoisotopic (exact) mass is 453 g/mol. The Hall–Kier alpha value is -3.69. The smallest absolute Gasteiger partial charge is 0.249 e. The highest BCUT2D eigenvalue weighted by Crippen LogP contribution is 2.51. The first kappa shape index (κ1) is 21.2. The summed E-state index contributed by atoms with van der Waals surface area (Å²) in [6.45, 7) is 0. The number of benzene rings is 4. The fraction of sp³-hybridized carbons (Fsp3) is 0.0741. The van der Waals surface area contributed by atoms with Gasteiger partial charge in [-0.15, -0.1) is 5.10 Å². The summed E-state index contributed by atoms with van der Waals surface area (Å²) in [6.07, 6.45) is 0.217. The highest BCUT2D eigenvalue weighted by atomic mass is 31.1. The minimum atomic E-state index is -0.957. The standard InChI is InChI=1S/C27H21FN3OP/c28-21-17-15-20(16-18-21)26(19-27(32)31-25-14-8-7-13-24(25)29-30-31)33(22-9-3-1-4-10-22)23-11-5-2-6-12-23/h1-18,26H,19H2. The van der Waals surface area contributed by atoms with E-state index in [-0.39, 0.29) is 23.8 Å². The molecule has 0 N–H and O–H groups in total. The van der Waals surface area contributed by atoms with Gasteiger partial charge in [0.1, 0.15) is 11.3 Å². The van der Waals surface area contributed by atoms with E-state index in [1.54, 1.807) is 12.1 Å². The van der Waals surface area contributed by atoms with E-state index < -0.39 is 7.92 Å². The molecular formula is C27H21FN3OP. The highest BCUT2D eigenvalue weighted by molar-refractivity contribution is 7.73. The molecule has 5 rings (SSSR count). The van der Waals surface area contributed by atoms with Gasteiger partial charge in [-0.25, -0.2) is 4.39 Å². The van der Waals surface area contributed by atoms with Crippen molar-refractivity contribution in [1.82, 2.24) is 15.0 Å². The number of rotatable bonds is 6. The zero-order valence-electron chi connectivity index (χ0n) is 17.8. The Kier molecular flexibility index (Phi) is 6.05. The Morgan fingerprint density at radius 1 is 0.788 bits per heavy atom. The predicted octanol–water partition coefficient (Wildman–Crippen LogP) is 5.47. The molecule has 0 spiro atoms. The molecule has 0 aliphatic heterocycles. The number of halogens is 1. The van der Waals surface area contributed by atoms with Gasteiger partial charge in [-0.05, 0) is 48.4 Å². The summed E-state index contributed by atoms with van der Waals surface area (Å²) in [5.41, 5.74) is 2.12. The van der Waals surface area contributed by atoms with Crippen LogP contribution in [0.1, 0.15) is 22.4 Å². The van der Waals surface area contributed by atoms with Gasteiger partial charge in [0.25, 0.3) is 0 Å². The number of nitrogens with zero attached hydrogens (tertiary/aromatic N) is 3. The van der Waals surface area contributed by atoms with Crippen molar-refractivity contribution in [2.45, 2.75) is 12.1 Å². The second-order valence-corrected chi connectivity index (χ2v) is 10.1. The first-order valence-electron chi connectivity index (χ1n) is 10.7. The SMILES string of the molecule is O=C(CC(c1ccc(F)cc1)P(c1ccccc1)c1ccccc1)n1nnc2ccccc21. The number of para-hydroxylation sites is 1. The van der Waals surface area contributed by atoms with Gasteiger partial charge in [0, 0.05) is 12.1 Å². The fourth-order valence-electron chi connectivity index (χ4n) is 4.03. The van der Waals surface area contributed by atoms with E-state index in [0.717, 1.165) is 16.2 Å². The molecule has 0 fully saturated rings. The van der Waals surface area contributed by atoms with Gasteiger partial charge in [0.15, 0.2) is 0 Å². The molecule has 162 valence electrons. The fourth-order valence-corrected chi connectivity index (χ4v) is 6.85. The van der Waals surface area contributed by atoms with Crippen LogP contribution < -0.4 is 10.6 Å². The van der Waals surface area contributed by atoms with Gasteiger partial charge in [-0.2, -0.15) is 4.68 Å². The molecule has 0 radical (unpaired) electrons. The molecule has 33 heavy (non-hydrogen) atoms. The molecule has 0 bridgehead atoms. The molecule has 1 atom stereocenters. The molecule has 0 saturated heterocycles. The van der Waals surface area contributed by atoms with Crippen molar-refractivity contribution in [3.05, 3.63) is 121 Å². The van der Waals surface area contributed by atoms with Crippen LogP contribution in [0.25, 0.3) is 11.0 Å². The molecule has 4 nitrogen and oxygen atoms in total. The van der Waals surface area contributed by atoms with Crippen molar-refractivity contribution >= 4 is 35.5 Å². The van der Waals surface area contributed by atoms with E-state index in [4.69, 9.17) is 0 Å². The van der Waals surface area contributed by atoms with E-state index >= 15 is 0 Å². The van der Waals surface area contributed by atoms with Gasteiger partial charge < -0.3 is 0 Å². The molecule has 0 aliphatic carbocycles. The molecule has 0 saturated carbocycles. The van der Waals surface area contributed by atoms with Gasteiger partial charge >= 0.3 is 0 Å². The number of carbonyl (C=O) groups excluding carboxylic acids is 1. The van der Waals surface area contributed by atoms with Crippen LogP contribution in [0.3, 0.4) is 0 Å². The summed E-state index contributed by atoms with van der Waals surface area (Å²) < 4.78 is 15.2. The van der Waals surface area contributed by atoms with Gasteiger partial charge in [0.2, 0.25) is 5.91 Å². The van der Waals surface area contributed by atoms with Crippen molar-refractivity contribution in [3.8, 4) is 0 Å². The van der Waals surface area contributed by atoms with Crippen molar-refractivity contribution in [2.75, 3.05) is 0 Å². The van der Waals surface area contributed by atoms with Gasteiger partial charge in [-0.3, -0.25) is 4.79 Å². The van der Waals surface area contributed by atoms with E-state index in [0.29, 0.717) is 11.0 Å². The Morgan fingerprint density at radius 3 is 2.00 bits per heavy atom. The summed E-state index contributed by atoms with van der Waals surface area (Å²) in [6, 6.07) is 34.4. The molecule has 0 aliphatic rings. The summed E-state index contributed by atoms with van der Waals surface area (Å²) in [5, 5.41) is 10.6. The molecule has 1 heterocycles. The minimum Gasteiger partial charge on any atom is -0.272 e. The van der Waals surface area contributed by atoms with Crippen LogP contribution in [0.4, 0.5) is 4.39 Å². The topological polar surface area (TPSA) is 47.8 Å². The Balaban J connectivity index is 1.61. The second-order valence-electron chi connectivity index (χ2n) is 7.70. The predicted molar refractivity (Wildman–Crippen MR) is 131 cm³/mol. The quantitative estimate of drug-likeness (QED) is 0.320. The van der Waals surface area contributed by atoms with Crippen molar-refractivity contribution < 1.29 is 9.18 Å². The zero-order chi connectivity index (χ0) is 22.6. The van der Waals surface area contributed by atoms with E-state index in [2.05, 4.69) is 34.6 Å². The molecule has 6 heteroatoms. The lowest BCUT2D eigenvalue weighted by Crippen LogP contribution is -2.22. The molecule has 0 amide bonds. The lowest BCUT2D eigenvalue weighted by Gasteiger charge is -2.29. The summed E-state index contributed by atoms with van der Waals surface area (Å²) in [5.74, 6) is -0.438. The maximum Gasteiger partial charge on any atom is 0.249 e. The summed E-state index contributed by atoms with van der Waals surface area (Å²) in [7, 11) is -0.957. The lowest BCUT2D eigenvalue weighted by molar-refractivity contribution is 0.0889. The van der Waals surface area contributed by atoms with E-state index in [1.807, 2.05) is 60.7 Å². The first-order valence-corrected chi connectivity index (χ1v) is 12.1. The molecule has 1 unspecified atom stereocenters. The zero-order valence-corrected chi connectivity index (χ0v) is 18.6. The van der Waals surface area contributed by atoms with Crippen LogP contribution in [0, 0.1) is 5.82 Å². The molecule has 1 aromatic heterocycles. The average Bonchev–Trinajstić information content (AvgIpc) is 3.30. The van der Waals surface area contributed by atoms with Crippen molar-refractivity contribution in [1.29, 1.82) is 0 Å². The number of carbonyl (C=O) groups is 1.